The number of piperidine rings is 1. The van der Waals surface area contributed by atoms with E-state index in [9.17, 15) is 4.79 Å². The van der Waals surface area contributed by atoms with E-state index >= 15 is 0 Å². The number of carbonyl (C=O) groups excluding carboxylic acids is 1. The molecule has 0 bridgehead atoms. The zero-order chi connectivity index (χ0) is 17.5. The van der Waals surface area contributed by atoms with Gasteiger partial charge in [-0.05, 0) is 32.3 Å². The minimum Gasteiger partial charge on any atom is -0.478 e. The lowest BCUT2D eigenvalue weighted by Gasteiger charge is -2.27. The summed E-state index contributed by atoms with van der Waals surface area (Å²) in [6.07, 6.45) is 6.70. The molecule has 3 rings (SSSR count). The van der Waals surface area contributed by atoms with Crippen LogP contribution >= 0.6 is 0 Å². The fourth-order valence-corrected chi connectivity index (χ4v) is 2.86. The Bertz CT molecular complexity index is 716. The molecule has 1 aliphatic rings. The van der Waals surface area contributed by atoms with E-state index < -0.39 is 0 Å². The highest BCUT2D eigenvalue weighted by Gasteiger charge is 2.15. The third-order valence-corrected chi connectivity index (χ3v) is 4.14. The Morgan fingerprint density at radius 1 is 1.24 bits per heavy atom. The van der Waals surface area contributed by atoms with E-state index in [1.54, 1.807) is 12.3 Å². The smallest absolute Gasteiger partial charge is 0.270 e. The number of nitrogens with zero attached hydrogens (tertiary/aromatic N) is 4. The van der Waals surface area contributed by atoms with Crippen molar-refractivity contribution in [3.8, 4) is 5.88 Å². The van der Waals surface area contributed by atoms with E-state index in [2.05, 4.69) is 25.2 Å². The number of nitrogens with one attached hydrogen (secondary N) is 1. The van der Waals surface area contributed by atoms with Crippen LogP contribution in [-0.4, -0.2) is 40.6 Å². The molecule has 0 saturated carbocycles. The molecular formula is C18H23N5O2. The van der Waals surface area contributed by atoms with Crippen LogP contribution in [0.2, 0.25) is 0 Å². The van der Waals surface area contributed by atoms with Gasteiger partial charge in [0.05, 0.1) is 6.61 Å². The summed E-state index contributed by atoms with van der Waals surface area (Å²) in [6.45, 7) is 4.73. The number of hydrogen-bond donors (Lipinski definition) is 1. The Hall–Kier alpha value is -2.70. The van der Waals surface area contributed by atoms with Crippen molar-refractivity contribution in [3.05, 3.63) is 42.0 Å². The SMILES string of the molecule is CCOc1ncccc1CNC(=O)c1cc(N2CCCCC2)ncn1. The van der Waals surface area contributed by atoms with Crippen molar-refractivity contribution < 1.29 is 9.53 Å². The molecule has 1 N–H and O–H groups in total. The summed E-state index contributed by atoms with van der Waals surface area (Å²) in [7, 11) is 0. The largest absolute Gasteiger partial charge is 0.478 e. The zero-order valence-corrected chi connectivity index (χ0v) is 14.4. The van der Waals surface area contributed by atoms with Gasteiger partial charge in [0.25, 0.3) is 5.91 Å². The Kier molecular flexibility index (Phi) is 5.77. The van der Waals surface area contributed by atoms with Gasteiger partial charge >= 0.3 is 0 Å². The minimum atomic E-state index is -0.230. The van der Waals surface area contributed by atoms with Crippen LogP contribution in [0.1, 0.15) is 42.2 Å². The standard InChI is InChI=1S/C18H23N5O2/c1-2-25-18-14(7-6-8-19-18)12-20-17(24)15-11-16(22-13-21-15)23-9-4-3-5-10-23/h6-8,11,13H,2-5,9-10,12H2,1H3,(H,20,24). The van der Waals surface area contributed by atoms with Gasteiger partial charge in [-0.25, -0.2) is 15.0 Å². The maximum absolute atomic E-state index is 12.4. The second kappa shape index (κ2) is 8.41. The minimum absolute atomic E-state index is 0.230. The third kappa shape index (κ3) is 4.43. The van der Waals surface area contributed by atoms with Crippen molar-refractivity contribution in [2.24, 2.45) is 0 Å². The molecule has 1 fully saturated rings. The summed E-state index contributed by atoms with van der Waals surface area (Å²) >= 11 is 0. The van der Waals surface area contributed by atoms with E-state index in [1.165, 1.54) is 12.7 Å². The number of hydrogen-bond acceptors (Lipinski definition) is 6. The van der Waals surface area contributed by atoms with E-state index in [1.807, 2.05) is 19.1 Å². The van der Waals surface area contributed by atoms with Crippen molar-refractivity contribution >= 4 is 11.7 Å². The van der Waals surface area contributed by atoms with Gasteiger partial charge in [-0.2, -0.15) is 0 Å². The molecule has 1 saturated heterocycles. The van der Waals surface area contributed by atoms with Crippen LogP contribution in [0.4, 0.5) is 5.82 Å². The number of ether oxygens (including phenoxy) is 1. The molecule has 132 valence electrons. The lowest BCUT2D eigenvalue weighted by Crippen LogP contribution is -2.31. The van der Waals surface area contributed by atoms with E-state index in [4.69, 9.17) is 4.74 Å². The molecule has 1 amide bonds. The van der Waals surface area contributed by atoms with Crippen molar-refractivity contribution in [2.75, 3.05) is 24.6 Å². The number of amides is 1. The molecule has 0 atom stereocenters. The molecule has 1 aliphatic heterocycles. The first-order chi connectivity index (χ1) is 12.3. The molecule has 25 heavy (non-hydrogen) atoms. The molecule has 3 heterocycles. The van der Waals surface area contributed by atoms with E-state index in [0.29, 0.717) is 24.7 Å². The Morgan fingerprint density at radius 3 is 2.88 bits per heavy atom. The highest BCUT2D eigenvalue weighted by molar-refractivity contribution is 5.92. The number of pyridine rings is 1. The monoisotopic (exact) mass is 341 g/mol. The van der Waals surface area contributed by atoms with Gasteiger partial charge in [0, 0.05) is 37.5 Å². The lowest BCUT2D eigenvalue weighted by atomic mass is 10.1. The number of aromatic nitrogens is 3. The highest BCUT2D eigenvalue weighted by Crippen LogP contribution is 2.18. The van der Waals surface area contributed by atoms with Gasteiger partial charge in [0.1, 0.15) is 17.8 Å². The first-order valence-corrected chi connectivity index (χ1v) is 8.70. The van der Waals surface area contributed by atoms with Crippen LogP contribution in [0.5, 0.6) is 5.88 Å². The fourth-order valence-electron chi connectivity index (χ4n) is 2.86. The van der Waals surface area contributed by atoms with Crippen molar-refractivity contribution in [2.45, 2.75) is 32.7 Å². The fraction of sp³-hybridized carbons (Fsp3) is 0.444. The van der Waals surface area contributed by atoms with Gasteiger partial charge in [-0.3, -0.25) is 4.79 Å². The van der Waals surface area contributed by atoms with Gasteiger partial charge in [0.15, 0.2) is 0 Å². The molecule has 0 spiro atoms. The summed E-state index contributed by atoms with van der Waals surface area (Å²) in [6, 6.07) is 5.47. The summed E-state index contributed by atoms with van der Waals surface area (Å²) in [5.41, 5.74) is 1.21. The summed E-state index contributed by atoms with van der Waals surface area (Å²) in [4.78, 5) is 27.2. The first-order valence-electron chi connectivity index (χ1n) is 8.70. The second-order valence-electron chi connectivity index (χ2n) is 5.89. The van der Waals surface area contributed by atoms with Crippen molar-refractivity contribution in [1.82, 2.24) is 20.3 Å². The Labute approximate surface area is 147 Å². The molecule has 7 heteroatoms. The quantitative estimate of drug-likeness (QED) is 0.867. The molecule has 0 aliphatic carbocycles. The molecule has 0 aromatic carbocycles. The predicted molar refractivity (Wildman–Crippen MR) is 94.7 cm³/mol. The predicted octanol–water partition coefficient (Wildman–Crippen LogP) is 2.19. The summed E-state index contributed by atoms with van der Waals surface area (Å²) < 4.78 is 5.48. The average Bonchev–Trinajstić information content (AvgIpc) is 2.68. The Balaban J connectivity index is 1.65. The van der Waals surface area contributed by atoms with E-state index in [-0.39, 0.29) is 5.91 Å². The van der Waals surface area contributed by atoms with Crippen LogP contribution in [-0.2, 0) is 6.54 Å². The van der Waals surface area contributed by atoms with Crippen LogP contribution in [0.15, 0.2) is 30.7 Å². The molecular weight excluding hydrogens is 318 g/mol. The van der Waals surface area contributed by atoms with Crippen LogP contribution in [0.25, 0.3) is 0 Å². The molecule has 2 aromatic rings. The van der Waals surface area contributed by atoms with Crippen LogP contribution in [0.3, 0.4) is 0 Å². The number of anilines is 1. The highest BCUT2D eigenvalue weighted by atomic mass is 16.5. The number of carbonyl (C=O) groups is 1. The molecule has 7 nitrogen and oxygen atoms in total. The Morgan fingerprint density at radius 2 is 2.08 bits per heavy atom. The van der Waals surface area contributed by atoms with Crippen molar-refractivity contribution in [1.29, 1.82) is 0 Å². The average molecular weight is 341 g/mol. The van der Waals surface area contributed by atoms with E-state index in [0.717, 1.165) is 37.3 Å². The van der Waals surface area contributed by atoms with Gasteiger partial charge in [-0.1, -0.05) is 6.07 Å². The molecule has 0 unspecified atom stereocenters. The molecule has 0 radical (unpaired) electrons. The second-order valence-corrected chi connectivity index (χ2v) is 5.89. The van der Waals surface area contributed by atoms with Gasteiger partial charge < -0.3 is 15.0 Å². The van der Waals surface area contributed by atoms with Crippen molar-refractivity contribution in [3.63, 3.8) is 0 Å². The number of rotatable bonds is 6. The topological polar surface area (TPSA) is 80.2 Å². The normalized spacial score (nSPS) is 14.2. The molecule has 2 aromatic heterocycles. The summed E-state index contributed by atoms with van der Waals surface area (Å²) in [5.74, 6) is 1.13. The first kappa shape index (κ1) is 17.1. The third-order valence-electron chi connectivity index (χ3n) is 4.14. The van der Waals surface area contributed by atoms with Crippen LogP contribution in [0, 0.1) is 0 Å². The van der Waals surface area contributed by atoms with Gasteiger partial charge in [0.2, 0.25) is 5.88 Å². The maximum atomic E-state index is 12.4. The maximum Gasteiger partial charge on any atom is 0.270 e. The lowest BCUT2D eigenvalue weighted by molar-refractivity contribution is 0.0945. The summed E-state index contributed by atoms with van der Waals surface area (Å²) in [5, 5.41) is 2.88. The van der Waals surface area contributed by atoms with Crippen LogP contribution < -0.4 is 15.0 Å². The van der Waals surface area contributed by atoms with Gasteiger partial charge in [-0.15, -0.1) is 0 Å². The zero-order valence-electron chi connectivity index (χ0n) is 14.4.